The lowest BCUT2D eigenvalue weighted by Crippen LogP contribution is -2.39. The zero-order valence-electron chi connectivity index (χ0n) is 10.3. The Bertz CT molecular complexity index is 215. The van der Waals surface area contributed by atoms with E-state index in [1.54, 1.807) is 12.6 Å². The molecular weight excluding hydrogens is 224 g/mol. The first-order valence-corrected chi connectivity index (χ1v) is 6.40. The number of ether oxygens (including phenoxy) is 1. The van der Waals surface area contributed by atoms with E-state index < -0.39 is 0 Å². The monoisotopic (exact) mass is 246 g/mol. The normalized spacial score (nSPS) is 22.0. The van der Waals surface area contributed by atoms with Crippen LogP contribution in [0, 0.1) is 0 Å². The Kier molecular flexibility index (Phi) is 7.05. The van der Waals surface area contributed by atoms with E-state index in [9.17, 15) is 0 Å². The van der Waals surface area contributed by atoms with Crippen LogP contribution in [0.4, 0.5) is 0 Å². The van der Waals surface area contributed by atoms with Gasteiger partial charge in [-0.1, -0.05) is 11.6 Å². The lowest BCUT2D eigenvalue weighted by molar-refractivity contribution is 0.148. The first-order valence-electron chi connectivity index (χ1n) is 5.96. The third-order valence-corrected chi connectivity index (χ3v) is 3.28. The van der Waals surface area contributed by atoms with Crippen molar-refractivity contribution in [3.63, 3.8) is 0 Å². The van der Waals surface area contributed by atoms with E-state index in [0.29, 0.717) is 6.04 Å². The van der Waals surface area contributed by atoms with Crippen molar-refractivity contribution in [2.75, 3.05) is 39.9 Å². The fourth-order valence-corrected chi connectivity index (χ4v) is 2.14. The van der Waals surface area contributed by atoms with Gasteiger partial charge in [0.05, 0.1) is 6.61 Å². The van der Waals surface area contributed by atoms with E-state index in [1.165, 1.54) is 18.4 Å². The molecule has 0 aliphatic carbocycles. The number of rotatable bonds is 7. The molecule has 0 aromatic rings. The predicted octanol–water partition coefficient (Wildman–Crippen LogP) is 1.83. The Morgan fingerprint density at radius 3 is 3.00 bits per heavy atom. The van der Waals surface area contributed by atoms with Gasteiger partial charge in [0, 0.05) is 38.3 Å². The quantitative estimate of drug-likeness (QED) is 0.742. The molecule has 0 bridgehead atoms. The third kappa shape index (κ3) is 5.30. The average Bonchev–Trinajstić information content (AvgIpc) is 2.78. The second kappa shape index (κ2) is 8.07. The van der Waals surface area contributed by atoms with Crippen molar-refractivity contribution in [3.05, 3.63) is 11.1 Å². The standard InChI is InChI=1S/C12H23ClN2O/c1-11(8-13)9-15(6-7-16-2)10-12-4-3-5-14-12/h8,12,14H,3-7,9-10H2,1-2H3. The van der Waals surface area contributed by atoms with Gasteiger partial charge < -0.3 is 10.1 Å². The molecule has 1 fully saturated rings. The summed E-state index contributed by atoms with van der Waals surface area (Å²) >= 11 is 5.71. The molecule has 3 nitrogen and oxygen atoms in total. The van der Waals surface area contributed by atoms with Gasteiger partial charge in [-0.3, -0.25) is 4.90 Å². The summed E-state index contributed by atoms with van der Waals surface area (Å²) in [5.41, 5.74) is 2.87. The van der Waals surface area contributed by atoms with E-state index in [0.717, 1.165) is 32.8 Å². The van der Waals surface area contributed by atoms with Crippen LogP contribution < -0.4 is 5.32 Å². The number of hydrogen-bond donors (Lipinski definition) is 1. The second-order valence-electron chi connectivity index (χ2n) is 4.48. The molecule has 1 rings (SSSR count). The molecule has 16 heavy (non-hydrogen) atoms. The van der Waals surface area contributed by atoms with E-state index in [2.05, 4.69) is 17.1 Å². The summed E-state index contributed by atoms with van der Waals surface area (Å²) in [6, 6.07) is 0.639. The van der Waals surface area contributed by atoms with Crippen LogP contribution in [0.3, 0.4) is 0 Å². The molecule has 1 aliphatic rings. The smallest absolute Gasteiger partial charge is 0.0589 e. The largest absolute Gasteiger partial charge is 0.383 e. The molecule has 1 atom stereocenters. The molecule has 1 N–H and O–H groups in total. The van der Waals surface area contributed by atoms with Crippen LogP contribution in [0.2, 0.25) is 0 Å². The van der Waals surface area contributed by atoms with Crippen molar-refractivity contribution in [2.45, 2.75) is 25.8 Å². The molecule has 94 valence electrons. The van der Waals surface area contributed by atoms with Gasteiger partial charge in [0.25, 0.3) is 0 Å². The van der Waals surface area contributed by atoms with E-state index in [1.807, 2.05) is 0 Å². The molecule has 1 heterocycles. The first kappa shape index (κ1) is 14.0. The average molecular weight is 247 g/mol. The van der Waals surface area contributed by atoms with E-state index in [-0.39, 0.29) is 0 Å². The van der Waals surface area contributed by atoms with Crippen LogP contribution in [-0.4, -0.2) is 50.8 Å². The van der Waals surface area contributed by atoms with Crippen molar-refractivity contribution < 1.29 is 4.74 Å². The SMILES string of the molecule is COCCN(CC(C)=CCl)CC1CCCN1. The summed E-state index contributed by atoms with van der Waals surface area (Å²) < 4.78 is 5.14. The maximum absolute atomic E-state index is 5.71. The van der Waals surface area contributed by atoms with Crippen LogP contribution in [-0.2, 0) is 4.74 Å². The first-order chi connectivity index (χ1) is 7.76. The molecule has 0 radical (unpaired) electrons. The van der Waals surface area contributed by atoms with Crippen LogP contribution >= 0.6 is 11.6 Å². The van der Waals surface area contributed by atoms with Crippen molar-refractivity contribution in [3.8, 4) is 0 Å². The van der Waals surface area contributed by atoms with Gasteiger partial charge >= 0.3 is 0 Å². The molecular formula is C12H23ClN2O. The summed E-state index contributed by atoms with van der Waals surface area (Å²) in [4.78, 5) is 2.40. The third-order valence-electron chi connectivity index (χ3n) is 2.91. The number of nitrogens with one attached hydrogen (secondary N) is 1. The van der Waals surface area contributed by atoms with Gasteiger partial charge in [0.2, 0.25) is 0 Å². The Balaban J connectivity index is 2.35. The highest BCUT2D eigenvalue weighted by molar-refractivity contribution is 6.25. The van der Waals surface area contributed by atoms with Gasteiger partial charge in [-0.05, 0) is 31.9 Å². The number of halogens is 1. The summed E-state index contributed by atoms with van der Waals surface area (Å²) in [5.74, 6) is 0. The topological polar surface area (TPSA) is 24.5 Å². The molecule has 0 amide bonds. The Labute approximate surface area is 104 Å². The van der Waals surface area contributed by atoms with Gasteiger partial charge in [-0.25, -0.2) is 0 Å². The van der Waals surface area contributed by atoms with Crippen molar-refractivity contribution >= 4 is 11.6 Å². The van der Waals surface area contributed by atoms with Crippen LogP contribution in [0.1, 0.15) is 19.8 Å². The Morgan fingerprint density at radius 1 is 1.62 bits per heavy atom. The van der Waals surface area contributed by atoms with Crippen LogP contribution in [0.25, 0.3) is 0 Å². The van der Waals surface area contributed by atoms with Gasteiger partial charge in [-0.15, -0.1) is 0 Å². The maximum atomic E-state index is 5.71. The Hall–Kier alpha value is -0.0900. The van der Waals surface area contributed by atoms with E-state index in [4.69, 9.17) is 16.3 Å². The zero-order valence-corrected chi connectivity index (χ0v) is 11.1. The van der Waals surface area contributed by atoms with Gasteiger partial charge in [0.1, 0.15) is 0 Å². The van der Waals surface area contributed by atoms with E-state index >= 15 is 0 Å². The van der Waals surface area contributed by atoms with Crippen molar-refractivity contribution in [2.24, 2.45) is 0 Å². The lowest BCUT2D eigenvalue weighted by Gasteiger charge is -2.25. The molecule has 4 heteroatoms. The molecule has 1 unspecified atom stereocenters. The van der Waals surface area contributed by atoms with Crippen LogP contribution in [0.5, 0.6) is 0 Å². The number of methoxy groups -OCH3 is 1. The molecule has 0 aromatic heterocycles. The molecule has 0 aromatic carbocycles. The predicted molar refractivity (Wildman–Crippen MR) is 69.0 cm³/mol. The van der Waals surface area contributed by atoms with Crippen LogP contribution in [0.15, 0.2) is 11.1 Å². The van der Waals surface area contributed by atoms with Crippen molar-refractivity contribution in [1.82, 2.24) is 10.2 Å². The lowest BCUT2D eigenvalue weighted by atomic mass is 10.2. The zero-order chi connectivity index (χ0) is 11.8. The van der Waals surface area contributed by atoms with Gasteiger partial charge in [-0.2, -0.15) is 0 Å². The molecule has 1 saturated heterocycles. The number of nitrogens with zero attached hydrogens (tertiary/aromatic N) is 1. The minimum absolute atomic E-state index is 0.639. The number of hydrogen-bond acceptors (Lipinski definition) is 3. The highest BCUT2D eigenvalue weighted by atomic mass is 35.5. The summed E-state index contributed by atoms with van der Waals surface area (Å²) in [7, 11) is 1.75. The summed E-state index contributed by atoms with van der Waals surface area (Å²) in [6.07, 6.45) is 2.58. The van der Waals surface area contributed by atoms with Gasteiger partial charge in [0.15, 0.2) is 0 Å². The molecule has 0 spiro atoms. The highest BCUT2D eigenvalue weighted by Crippen LogP contribution is 2.08. The minimum atomic E-state index is 0.639. The fraction of sp³-hybridized carbons (Fsp3) is 0.833. The molecule has 0 saturated carbocycles. The maximum Gasteiger partial charge on any atom is 0.0589 e. The summed E-state index contributed by atoms with van der Waals surface area (Å²) in [6.45, 7) is 7.00. The van der Waals surface area contributed by atoms with Crippen molar-refractivity contribution in [1.29, 1.82) is 0 Å². The molecule has 1 aliphatic heterocycles. The fourth-order valence-electron chi connectivity index (χ4n) is 2.07. The highest BCUT2D eigenvalue weighted by Gasteiger charge is 2.17. The minimum Gasteiger partial charge on any atom is -0.383 e. The second-order valence-corrected chi connectivity index (χ2v) is 4.69. The Morgan fingerprint density at radius 2 is 2.44 bits per heavy atom. The summed E-state index contributed by atoms with van der Waals surface area (Å²) in [5, 5.41) is 3.52.